The maximum atomic E-state index is 12.3. The van der Waals surface area contributed by atoms with E-state index in [4.69, 9.17) is 0 Å². The first kappa shape index (κ1) is 16.5. The zero-order valence-corrected chi connectivity index (χ0v) is 14.8. The predicted molar refractivity (Wildman–Crippen MR) is 98.3 cm³/mol. The zero-order valence-electron chi connectivity index (χ0n) is 14.0. The molecule has 0 radical (unpaired) electrons. The average Bonchev–Trinajstić information content (AvgIpc) is 3.14. The molecule has 124 valence electrons. The number of carbonyl (C=O) groups is 1. The Bertz CT molecular complexity index is 750. The van der Waals surface area contributed by atoms with Crippen LogP contribution < -0.4 is 4.90 Å². The second-order valence-electron chi connectivity index (χ2n) is 6.12. The molecule has 1 amide bonds. The third-order valence-corrected chi connectivity index (χ3v) is 4.96. The molecule has 0 unspecified atom stereocenters. The molecule has 1 fully saturated rings. The van der Waals surface area contributed by atoms with Gasteiger partial charge in [-0.1, -0.05) is 31.9 Å². The van der Waals surface area contributed by atoms with Crippen LogP contribution in [-0.4, -0.2) is 42.0 Å². The minimum Gasteiger partial charge on any atom is -0.345 e. The topological polar surface area (TPSA) is 36.4 Å². The third-order valence-electron chi connectivity index (χ3n) is 4.12. The van der Waals surface area contributed by atoms with Crippen LogP contribution in [-0.2, 0) is 4.79 Å². The highest BCUT2D eigenvalue weighted by atomic mass is 32.1. The van der Waals surface area contributed by atoms with Crippen LogP contribution in [0.1, 0.15) is 30.9 Å². The molecule has 1 saturated heterocycles. The molecule has 4 nitrogen and oxygen atoms in total. The molecule has 24 heavy (non-hydrogen) atoms. The van der Waals surface area contributed by atoms with Crippen molar-refractivity contribution < 1.29 is 4.79 Å². The molecule has 0 spiro atoms. The van der Waals surface area contributed by atoms with E-state index in [2.05, 4.69) is 47.7 Å². The molecule has 0 aliphatic carbocycles. The standard InChI is InChI=1S/C19H21N3OS/c1-15(2)17-5-3-4-16(14-17)6-7-18(23)21-9-11-22(12-10-21)19-20-8-13-24-19/h3-5,8,13-15H,9-12H2,1-2H3. The van der Waals surface area contributed by atoms with Crippen LogP contribution in [0, 0.1) is 11.8 Å². The first-order chi connectivity index (χ1) is 11.6. The number of piperazine rings is 1. The lowest BCUT2D eigenvalue weighted by atomic mass is 10.0. The number of aromatic nitrogens is 1. The SMILES string of the molecule is CC(C)c1cccc(C#CC(=O)N2CCN(c3nccs3)CC2)c1. The van der Waals surface area contributed by atoms with E-state index in [9.17, 15) is 4.79 Å². The molecule has 2 aromatic rings. The van der Waals surface area contributed by atoms with Crippen LogP contribution in [0.5, 0.6) is 0 Å². The highest BCUT2D eigenvalue weighted by molar-refractivity contribution is 7.13. The van der Waals surface area contributed by atoms with Gasteiger partial charge in [-0.05, 0) is 23.6 Å². The number of benzene rings is 1. The summed E-state index contributed by atoms with van der Waals surface area (Å²) < 4.78 is 0. The van der Waals surface area contributed by atoms with E-state index in [0.29, 0.717) is 19.0 Å². The highest BCUT2D eigenvalue weighted by Gasteiger charge is 2.21. The van der Waals surface area contributed by atoms with Gasteiger partial charge in [-0.15, -0.1) is 11.3 Å². The summed E-state index contributed by atoms with van der Waals surface area (Å²) in [4.78, 5) is 20.7. The molecule has 1 aromatic heterocycles. The number of rotatable bonds is 2. The van der Waals surface area contributed by atoms with E-state index in [0.717, 1.165) is 23.8 Å². The Morgan fingerprint density at radius 2 is 2.04 bits per heavy atom. The minimum atomic E-state index is -0.0938. The summed E-state index contributed by atoms with van der Waals surface area (Å²) in [7, 11) is 0. The summed E-state index contributed by atoms with van der Waals surface area (Å²) in [6.07, 6.45) is 1.81. The first-order valence-electron chi connectivity index (χ1n) is 8.19. The van der Waals surface area contributed by atoms with E-state index in [1.165, 1.54) is 5.56 Å². The monoisotopic (exact) mass is 339 g/mol. The van der Waals surface area contributed by atoms with Crippen molar-refractivity contribution in [3.05, 3.63) is 47.0 Å². The van der Waals surface area contributed by atoms with Crippen molar-refractivity contribution in [3.63, 3.8) is 0 Å². The van der Waals surface area contributed by atoms with Gasteiger partial charge in [-0.2, -0.15) is 0 Å². The quantitative estimate of drug-likeness (QED) is 0.789. The number of hydrogen-bond donors (Lipinski definition) is 0. The molecule has 0 atom stereocenters. The third kappa shape index (κ3) is 3.95. The zero-order chi connectivity index (χ0) is 16.9. The lowest BCUT2D eigenvalue weighted by Crippen LogP contribution is -2.48. The van der Waals surface area contributed by atoms with E-state index in [-0.39, 0.29) is 5.91 Å². The van der Waals surface area contributed by atoms with Gasteiger partial charge >= 0.3 is 0 Å². The summed E-state index contributed by atoms with van der Waals surface area (Å²) in [5, 5.41) is 3.00. The molecule has 0 bridgehead atoms. The summed E-state index contributed by atoms with van der Waals surface area (Å²) in [6, 6.07) is 8.10. The van der Waals surface area contributed by atoms with Crippen molar-refractivity contribution >= 4 is 22.4 Å². The maximum Gasteiger partial charge on any atom is 0.298 e. The molecule has 3 rings (SSSR count). The Morgan fingerprint density at radius 3 is 2.71 bits per heavy atom. The lowest BCUT2D eigenvalue weighted by molar-refractivity contribution is -0.125. The van der Waals surface area contributed by atoms with Gasteiger partial charge in [0, 0.05) is 49.2 Å². The Hall–Kier alpha value is -2.32. The van der Waals surface area contributed by atoms with E-state index in [1.807, 2.05) is 28.6 Å². The van der Waals surface area contributed by atoms with Crippen molar-refractivity contribution in [3.8, 4) is 11.8 Å². The van der Waals surface area contributed by atoms with Gasteiger partial charge in [0.2, 0.25) is 0 Å². The fraction of sp³-hybridized carbons (Fsp3) is 0.368. The van der Waals surface area contributed by atoms with Crippen molar-refractivity contribution in [2.24, 2.45) is 0 Å². The average molecular weight is 339 g/mol. The Labute approximate surface area is 147 Å². The van der Waals surface area contributed by atoms with Gasteiger partial charge in [0.1, 0.15) is 0 Å². The number of anilines is 1. The Morgan fingerprint density at radius 1 is 1.25 bits per heavy atom. The first-order valence-corrected chi connectivity index (χ1v) is 9.07. The fourth-order valence-corrected chi connectivity index (χ4v) is 3.35. The second-order valence-corrected chi connectivity index (χ2v) is 7.00. The van der Waals surface area contributed by atoms with Gasteiger partial charge < -0.3 is 9.80 Å². The molecule has 0 N–H and O–H groups in total. The smallest absolute Gasteiger partial charge is 0.298 e. The van der Waals surface area contributed by atoms with Crippen molar-refractivity contribution in [2.75, 3.05) is 31.1 Å². The number of amides is 1. The van der Waals surface area contributed by atoms with Gasteiger partial charge in [0.05, 0.1) is 0 Å². The predicted octanol–water partition coefficient (Wildman–Crippen LogP) is 2.97. The molecule has 2 heterocycles. The fourth-order valence-electron chi connectivity index (χ4n) is 2.65. The number of thiazole rings is 1. The number of hydrogen-bond acceptors (Lipinski definition) is 4. The molecule has 5 heteroatoms. The summed E-state index contributed by atoms with van der Waals surface area (Å²) in [5.41, 5.74) is 2.14. The molecule has 1 aliphatic heterocycles. The van der Waals surface area contributed by atoms with Gasteiger partial charge in [-0.25, -0.2) is 4.98 Å². The van der Waals surface area contributed by atoms with E-state index < -0.39 is 0 Å². The Balaban J connectivity index is 1.60. The largest absolute Gasteiger partial charge is 0.345 e. The van der Waals surface area contributed by atoms with Crippen LogP contribution in [0.25, 0.3) is 0 Å². The van der Waals surface area contributed by atoms with Crippen molar-refractivity contribution in [2.45, 2.75) is 19.8 Å². The molecule has 1 aliphatic rings. The highest BCUT2D eigenvalue weighted by Crippen LogP contribution is 2.19. The maximum absolute atomic E-state index is 12.3. The van der Waals surface area contributed by atoms with Crippen LogP contribution in [0.3, 0.4) is 0 Å². The Kier molecular flexibility index (Phi) is 5.17. The van der Waals surface area contributed by atoms with Crippen molar-refractivity contribution in [1.82, 2.24) is 9.88 Å². The molecule has 0 saturated carbocycles. The van der Waals surface area contributed by atoms with E-state index in [1.54, 1.807) is 11.3 Å². The number of nitrogens with zero attached hydrogens (tertiary/aromatic N) is 3. The van der Waals surface area contributed by atoms with Gasteiger partial charge in [-0.3, -0.25) is 4.79 Å². The minimum absolute atomic E-state index is 0.0938. The molecular weight excluding hydrogens is 318 g/mol. The molecular formula is C19H21N3OS. The molecule has 1 aromatic carbocycles. The lowest BCUT2D eigenvalue weighted by Gasteiger charge is -2.33. The normalized spacial score (nSPS) is 14.5. The van der Waals surface area contributed by atoms with Crippen LogP contribution in [0.15, 0.2) is 35.8 Å². The summed E-state index contributed by atoms with van der Waals surface area (Å²) >= 11 is 1.63. The summed E-state index contributed by atoms with van der Waals surface area (Å²) in [5.74, 6) is 6.17. The summed E-state index contributed by atoms with van der Waals surface area (Å²) in [6.45, 7) is 7.31. The van der Waals surface area contributed by atoms with Crippen LogP contribution >= 0.6 is 11.3 Å². The van der Waals surface area contributed by atoms with Gasteiger partial charge in [0.15, 0.2) is 5.13 Å². The second kappa shape index (κ2) is 7.50. The van der Waals surface area contributed by atoms with Gasteiger partial charge in [0.25, 0.3) is 5.91 Å². The van der Waals surface area contributed by atoms with E-state index >= 15 is 0 Å². The van der Waals surface area contributed by atoms with Crippen LogP contribution in [0.4, 0.5) is 5.13 Å². The van der Waals surface area contributed by atoms with Crippen molar-refractivity contribution in [1.29, 1.82) is 0 Å². The van der Waals surface area contributed by atoms with Crippen LogP contribution in [0.2, 0.25) is 0 Å². The number of carbonyl (C=O) groups excluding carboxylic acids is 1.